The molecule has 0 aliphatic heterocycles. The molecule has 1 aliphatic carbocycles. The number of amides is 1. The summed E-state index contributed by atoms with van der Waals surface area (Å²) < 4.78 is 47.4. The van der Waals surface area contributed by atoms with Gasteiger partial charge in [-0.05, 0) is 12.3 Å². The van der Waals surface area contributed by atoms with E-state index in [4.69, 9.17) is 4.42 Å². The zero-order chi connectivity index (χ0) is 22.5. The predicted octanol–water partition coefficient (Wildman–Crippen LogP) is 3.05. The largest absolute Gasteiger partial charge is 0.455 e. The molecular weight excluding hydrogens is 403 g/mol. The highest BCUT2D eigenvalue weighted by atomic mass is 19.4. The first kappa shape index (κ1) is 22.1. The van der Waals surface area contributed by atoms with E-state index in [0.717, 1.165) is 10.8 Å². The van der Waals surface area contributed by atoms with Crippen molar-refractivity contribution < 1.29 is 32.3 Å². The van der Waals surface area contributed by atoms with E-state index >= 15 is 0 Å². The second-order valence-corrected chi connectivity index (χ2v) is 8.52. The first-order valence-electron chi connectivity index (χ1n) is 9.47. The molecule has 3 rings (SSSR count). The fourth-order valence-corrected chi connectivity index (χ4v) is 3.88. The number of carbonyl (C=O) groups excluding carboxylic acids is 2. The smallest absolute Gasteiger partial charge is 0.424 e. The number of aliphatic hydroxyl groups is 1. The van der Waals surface area contributed by atoms with Gasteiger partial charge in [0.05, 0.1) is 5.56 Å². The number of rotatable bonds is 5. The third-order valence-electron chi connectivity index (χ3n) is 5.42. The number of nitrogens with one attached hydrogen (secondary N) is 1. The standard InChI is InChI=1S/C20H24F3N3O4/c1-11-14-12(27)9-18(2,3)10-13(14)30-15(11)16(28)24-6-5-19(29,20(21,22)23)17-25-7-8-26(17)4/h7-8,29H,5-6,9-10H2,1-4H3,(H,24,28). The predicted molar refractivity (Wildman–Crippen MR) is 100.0 cm³/mol. The van der Waals surface area contributed by atoms with Crippen LogP contribution in [0.2, 0.25) is 0 Å². The molecule has 0 fully saturated rings. The Morgan fingerprint density at radius 1 is 1.37 bits per heavy atom. The molecule has 164 valence electrons. The lowest BCUT2D eigenvalue weighted by Crippen LogP contribution is -2.46. The first-order valence-corrected chi connectivity index (χ1v) is 9.47. The molecule has 0 saturated heterocycles. The normalized spacial score (nSPS) is 18.1. The van der Waals surface area contributed by atoms with Gasteiger partial charge in [0, 0.05) is 50.8 Å². The maximum Gasteiger partial charge on any atom is 0.424 e. The molecule has 30 heavy (non-hydrogen) atoms. The molecule has 10 heteroatoms. The molecular formula is C20H24F3N3O4. The van der Waals surface area contributed by atoms with Crippen molar-refractivity contribution in [3.8, 4) is 0 Å². The molecule has 0 saturated carbocycles. The average Bonchev–Trinajstić information content (AvgIpc) is 3.16. The van der Waals surface area contributed by atoms with Crippen molar-refractivity contribution in [2.75, 3.05) is 6.54 Å². The van der Waals surface area contributed by atoms with Crippen LogP contribution in [-0.4, -0.2) is 39.1 Å². The minimum Gasteiger partial charge on any atom is -0.455 e. The Morgan fingerprint density at radius 3 is 2.60 bits per heavy atom. The van der Waals surface area contributed by atoms with Crippen LogP contribution in [0.3, 0.4) is 0 Å². The number of hydrogen-bond donors (Lipinski definition) is 2. The summed E-state index contributed by atoms with van der Waals surface area (Å²) in [6.07, 6.45) is -2.58. The summed E-state index contributed by atoms with van der Waals surface area (Å²) in [6, 6.07) is 0. The molecule has 2 heterocycles. The summed E-state index contributed by atoms with van der Waals surface area (Å²) in [6.45, 7) is 4.93. The van der Waals surface area contributed by atoms with Gasteiger partial charge in [0.25, 0.3) is 5.91 Å². The molecule has 0 radical (unpaired) electrons. The van der Waals surface area contributed by atoms with Crippen LogP contribution < -0.4 is 5.32 Å². The second-order valence-electron chi connectivity index (χ2n) is 8.52. The Labute approximate surface area is 171 Å². The average molecular weight is 427 g/mol. The Hall–Kier alpha value is -2.62. The third kappa shape index (κ3) is 3.76. The molecule has 0 bridgehead atoms. The van der Waals surface area contributed by atoms with Crippen molar-refractivity contribution in [3.05, 3.63) is 40.9 Å². The highest BCUT2D eigenvalue weighted by Crippen LogP contribution is 2.41. The number of Topliss-reactive ketones (excluding diaryl/α,β-unsaturated/α-hetero) is 1. The van der Waals surface area contributed by atoms with Crippen molar-refractivity contribution in [3.63, 3.8) is 0 Å². The summed E-state index contributed by atoms with van der Waals surface area (Å²) in [7, 11) is 1.34. The van der Waals surface area contributed by atoms with Crippen LogP contribution >= 0.6 is 0 Å². The monoisotopic (exact) mass is 427 g/mol. The number of carbonyl (C=O) groups is 2. The Balaban J connectivity index is 1.77. The molecule has 0 aromatic carbocycles. The van der Waals surface area contributed by atoms with Gasteiger partial charge >= 0.3 is 6.18 Å². The summed E-state index contributed by atoms with van der Waals surface area (Å²) in [5.41, 5.74) is -2.78. The van der Waals surface area contributed by atoms with Crippen molar-refractivity contribution in [2.45, 2.75) is 51.8 Å². The van der Waals surface area contributed by atoms with Gasteiger partial charge in [0.1, 0.15) is 11.6 Å². The maximum atomic E-state index is 13.6. The van der Waals surface area contributed by atoms with E-state index in [9.17, 15) is 27.9 Å². The van der Waals surface area contributed by atoms with Crippen LogP contribution in [0.5, 0.6) is 0 Å². The Kier molecular flexibility index (Phi) is 5.34. The summed E-state index contributed by atoms with van der Waals surface area (Å²) in [4.78, 5) is 28.6. The number of alkyl halides is 3. The van der Waals surface area contributed by atoms with Gasteiger partial charge in [-0.15, -0.1) is 0 Å². The molecule has 2 aromatic rings. The zero-order valence-corrected chi connectivity index (χ0v) is 17.2. The van der Waals surface area contributed by atoms with E-state index in [1.165, 1.54) is 13.2 Å². The van der Waals surface area contributed by atoms with Gasteiger partial charge in [0.15, 0.2) is 11.5 Å². The van der Waals surface area contributed by atoms with Crippen LogP contribution in [0.15, 0.2) is 16.8 Å². The quantitative estimate of drug-likeness (QED) is 0.765. The van der Waals surface area contributed by atoms with E-state index in [2.05, 4.69) is 10.3 Å². The number of nitrogens with zero attached hydrogens (tertiary/aromatic N) is 2. The molecule has 1 atom stereocenters. The number of halogens is 3. The van der Waals surface area contributed by atoms with Gasteiger partial charge < -0.3 is 19.4 Å². The molecule has 1 aliphatic rings. The van der Waals surface area contributed by atoms with Crippen molar-refractivity contribution in [1.82, 2.24) is 14.9 Å². The van der Waals surface area contributed by atoms with Crippen LogP contribution in [0, 0.1) is 12.3 Å². The number of hydrogen-bond acceptors (Lipinski definition) is 5. The Bertz CT molecular complexity index is 990. The van der Waals surface area contributed by atoms with Gasteiger partial charge in [-0.1, -0.05) is 13.8 Å². The van der Waals surface area contributed by atoms with Crippen LogP contribution in [0.4, 0.5) is 13.2 Å². The number of aryl methyl sites for hydroxylation is 1. The Morgan fingerprint density at radius 2 is 2.03 bits per heavy atom. The molecule has 2 aromatic heterocycles. The van der Waals surface area contributed by atoms with Gasteiger partial charge in [0.2, 0.25) is 5.60 Å². The third-order valence-corrected chi connectivity index (χ3v) is 5.42. The maximum absolute atomic E-state index is 13.6. The van der Waals surface area contributed by atoms with Crippen LogP contribution in [0.25, 0.3) is 0 Å². The van der Waals surface area contributed by atoms with E-state index in [1.54, 1.807) is 6.92 Å². The lowest BCUT2D eigenvalue weighted by molar-refractivity contribution is -0.272. The molecule has 7 nitrogen and oxygen atoms in total. The highest BCUT2D eigenvalue weighted by Gasteiger charge is 2.57. The van der Waals surface area contributed by atoms with Crippen molar-refractivity contribution in [2.24, 2.45) is 12.5 Å². The SMILES string of the molecule is Cc1c(C(=O)NCCC(O)(c2nccn2C)C(F)(F)F)oc2c1C(=O)CC(C)(C)C2. The van der Waals surface area contributed by atoms with Crippen LogP contribution in [-0.2, 0) is 19.1 Å². The van der Waals surface area contributed by atoms with Gasteiger partial charge in [-0.25, -0.2) is 4.98 Å². The molecule has 1 amide bonds. The minimum atomic E-state index is -4.99. The minimum absolute atomic E-state index is 0.0985. The number of imidazole rings is 1. The van der Waals surface area contributed by atoms with E-state index < -0.39 is 36.5 Å². The zero-order valence-electron chi connectivity index (χ0n) is 17.2. The number of fused-ring (bicyclic) bond motifs is 1. The topological polar surface area (TPSA) is 97.4 Å². The fraction of sp³-hybridized carbons (Fsp3) is 0.550. The van der Waals surface area contributed by atoms with Crippen molar-refractivity contribution in [1.29, 1.82) is 0 Å². The number of furan rings is 1. The second kappa shape index (κ2) is 7.26. The highest BCUT2D eigenvalue weighted by molar-refractivity contribution is 6.03. The fourth-order valence-electron chi connectivity index (χ4n) is 3.88. The van der Waals surface area contributed by atoms with E-state index in [-0.39, 0.29) is 17.0 Å². The molecule has 2 N–H and O–H groups in total. The number of ketones is 1. The molecule has 0 spiro atoms. The lowest BCUT2D eigenvalue weighted by atomic mass is 9.76. The van der Waals surface area contributed by atoms with Gasteiger partial charge in [-0.3, -0.25) is 9.59 Å². The number of aromatic nitrogens is 2. The van der Waals surface area contributed by atoms with E-state index in [1.807, 2.05) is 13.8 Å². The summed E-state index contributed by atoms with van der Waals surface area (Å²) >= 11 is 0. The first-order chi connectivity index (χ1) is 13.8. The molecule has 1 unspecified atom stereocenters. The van der Waals surface area contributed by atoms with E-state index in [0.29, 0.717) is 29.7 Å². The van der Waals surface area contributed by atoms with Crippen molar-refractivity contribution >= 4 is 11.7 Å². The van der Waals surface area contributed by atoms with Crippen LogP contribution in [0.1, 0.15) is 64.7 Å². The summed E-state index contributed by atoms with van der Waals surface area (Å²) in [5, 5.41) is 12.7. The van der Waals surface area contributed by atoms with Gasteiger partial charge in [-0.2, -0.15) is 13.2 Å². The summed E-state index contributed by atoms with van der Waals surface area (Å²) in [5.74, 6) is -1.11. The lowest BCUT2D eigenvalue weighted by Gasteiger charge is -2.29.